The summed E-state index contributed by atoms with van der Waals surface area (Å²) in [6.07, 6.45) is 0. The molecule has 0 unspecified atom stereocenters. The van der Waals surface area contributed by atoms with Gasteiger partial charge in [0.05, 0.1) is 24.2 Å². The average molecular weight is 464 g/mol. The first-order valence-corrected chi connectivity index (χ1v) is 11.3. The molecule has 0 aliphatic carbocycles. The number of rotatable bonds is 7. The van der Waals surface area contributed by atoms with Crippen LogP contribution in [0.2, 0.25) is 0 Å². The third-order valence-corrected chi connectivity index (χ3v) is 6.79. The fourth-order valence-electron chi connectivity index (χ4n) is 3.07. The number of nitrogens with zero attached hydrogens (tertiary/aromatic N) is 4. The first-order valence-electron chi connectivity index (χ1n) is 9.70. The van der Waals surface area contributed by atoms with Crippen molar-refractivity contribution in [1.82, 2.24) is 19.4 Å². The fourth-order valence-corrected chi connectivity index (χ4v) is 4.99. The number of aromatic nitrogens is 3. The van der Waals surface area contributed by atoms with E-state index < -0.39 is 11.9 Å². The molecule has 0 saturated carbocycles. The predicted octanol–water partition coefficient (Wildman–Crippen LogP) is 2.72. The maximum Gasteiger partial charge on any atom is 0.350 e. The van der Waals surface area contributed by atoms with E-state index in [1.54, 1.807) is 13.8 Å². The second-order valence-electron chi connectivity index (χ2n) is 7.32. The number of nitrogens with one attached hydrogen (secondary N) is 1. The third-order valence-electron chi connectivity index (χ3n) is 4.63. The molecule has 0 aliphatic heterocycles. The van der Waals surface area contributed by atoms with Gasteiger partial charge in [0.2, 0.25) is 5.91 Å². The van der Waals surface area contributed by atoms with Crippen molar-refractivity contribution in [2.75, 3.05) is 26.0 Å². The van der Waals surface area contributed by atoms with Crippen LogP contribution >= 0.6 is 22.7 Å². The van der Waals surface area contributed by atoms with E-state index in [1.165, 1.54) is 15.9 Å². The molecule has 0 atom stereocenters. The van der Waals surface area contributed by atoms with Gasteiger partial charge in [0, 0.05) is 4.88 Å². The summed E-state index contributed by atoms with van der Waals surface area (Å²) in [7, 11) is 3.75. The molecule has 166 valence electrons. The highest BCUT2D eigenvalue weighted by molar-refractivity contribution is 7.18. The maximum absolute atomic E-state index is 13.2. The first kappa shape index (κ1) is 23.0. The molecule has 1 N–H and O–H groups in total. The van der Waals surface area contributed by atoms with Gasteiger partial charge < -0.3 is 15.0 Å². The van der Waals surface area contributed by atoms with Gasteiger partial charge in [-0.2, -0.15) is 0 Å². The van der Waals surface area contributed by atoms with Crippen LogP contribution in [0.5, 0.6) is 0 Å². The molecular formula is C20H25N5O4S2. The number of ether oxygens (including phenoxy) is 1. The van der Waals surface area contributed by atoms with Crippen LogP contribution in [0, 0.1) is 20.8 Å². The van der Waals surface area contributed by atoms with Gasteiger partial charge >= 0.3 is 5.97 Å². The smallest absolute Gasteiger partial charge is 0.350 e. The summed E-state index contributed by atoms with van der Waals surface area (Å²) in [4.78, 5) is 50.8. The van der Waals surface area contributed by atoms with Gasteiger partial charge in [0.1, 0.15) is 22.1 Å². The molecule has 9 nitrogen and oxygen atoms in total. The minimum absolute atomic E-state index is 0.202. The molecule has 3 aromatic rings. The van der Waals surface area contributed by atoms with Crippen LogP contribution in [-0.2, 0) is 22.6 Å². The van der Waals surface area contributed by atoms with E-state index in [0.717, 1.165) is 21.8 Å². The zero-order chi connectivity index (χ0) is 22.9. The summed E-state index contributed by atoms with van der Waals surface area (Å²) in [5, 5.41) is 3.52. The summed E-state index contributed by atoms with van der Waals surface area (Å²) >= 11 is 2.53. The minimum atomic E-state index is -0.472. The fraction of sp³-hybridized carbons (Fsp3) is 0.450. The van der Waals surface area contributed by atoms with E-state index in [0.29, 0.717) is 33.2 Å². The van der Waals surface area contributed by atoms with Gasteiger partial charge in [-0.05, 0) is 47.4 Å². The van der Waals surface area contributed by atoms with Crippen molar-refractivity contribution in [1.29, 1.82) is 0 Å². The Morgan fingerprint density at radius 1 is 1.16 bits per heavy atom. The molecule has 11 heteroatoms. The third kappa shape index (κ3) is 4.83. The highest BCUT2D eigenvalue weighted by atomic mass is 32.1. The van der Waals surface area contributed by atoms with E-state index in [9.17, 15) is 14.4 Å². The van der Waals surface area contributed by atoms with Crippen molar-refractivity contribution >= 4 is 49.9 Å². The number of esters is 1. The van der Waals surface area contributed by atoms with Crippen LogP contribution < -0.4 is 10.9 Å². The Morgan fingerprint density at radius 2 is 1.87 bits per heavy atom. The normalized spacial score (nSPS) is 11.3. The van der Waals surface area contributed by atoms with Crippen LogP contribution in [0.3, 0.4) is 0 Å². The Bertz CT molecular complexity index is 1210. The quantitative estimate of drug-likeness (QED) is 0.537. The number of carbonyl (C=O) groups is 2. The van der Waals surface area contributed by atoms with E-state index in [4.69, 9.17) is 4.74 Å². The lowest BCUT2D eigenvalue weighted by Gasteiger charge is -2.15. The largest absolute Gasteiger partial charge is 0.462 e. The summed E-state index contributed by atoms with van der Waals surface area (Å²) < 4.78 is 6.41. The molecule has 0 aromatic carbocycles. The van der Waals surface area contributed by atoms with E-state index in [2.05, 4.69) is 15.3 Å². The number of thiazole rings is 1. The molecule has 0 saturated heterocycles. The standard InChI is InChI=1S/C20H25N5O4S2/c1-7-29-19(28)16-11(3)21-20(31-16)23-14(26)9-25-13(8-24(5)6)22-17-15(18(25)27)10(2)12(4)30-17/h7-9H2,1-6H3,(H,21,23,26). The summed E-state index contributed by atoms with van der Waals surface area (Å²) in [6.45, 7) is 7.72. The molecular weight excluding hydrogens is 438 g/mol. The van der Waals surface area contributed by atoms with Crippen molar-refractivity contribution < 1.29 is 14.3 Å². The Labute approximate surface area is 187 Å². The minimum Gasteiger partial charge on any atom is -0.462 e. The number of hydrogen-bond donors (Lipinski definition) is 1. The van der Waals surface area contributed by atoms with Crippen molar-refractivity contribution in [3.8, 4) is 0 Å². The van der Waals surface area contributed by atoms with Crippen molar-refractivity contribution in [3.05, 3.63) is 37.2 Å². The Morgan fingerprint density at radius 3 is 2.52 bits per heavy atom. The SMILES string of the molecule is CCOC(=O)c1sc(NC(=O)Cn2c(CN(C)C)nc3sc(C)c(C)c3c2=O)nc1C. The molecule has 0 spiro atoms. The Balaban J connectivity index is 1.92. The second kappa shape index (κ2) is 9.25. The lowest BCUT2D eigenvalue weighted by atomic mass is 10.2. The Kier molecular flexibility index (Phi) is 6.87. The molecule has 3 aromatic heterocycles. The highest BCUT2D eigenvalue weighted by Crippen LogP contribution is 2.27. The molecule has 0 radical (unpaired) electrons. The van der Waals surface area contributed by atoms with Gasteiger partial charge in [-0.3, -0.25) is 14.2 Å². The van der Waals surface area contributed by atoms with Crippen molar-refractivity contribution in [3.63, 3.8) is 0 Å². The van der Waals surface area contributed by atoms with Crippen molar-refractivity contribution in [2.45, 2.75) is 40.8 Å². The maximum atomic E-state index is 13.2. The molecule has 0 fully saturated rings. The number of carbonyl (C=O) groups excluding carboxylic acids is 2. The van der Waals surface area contributed by atoms with Gasteiger partial charge in [0.25, 0.3) is 5.56 Å². The van der Waals surface area contributed by atoms with Crippen molar-refractivity contribution in [2.24, 2.45) is 0 Å². The zero-order valence-electron chi connectivity index (χ0n) is 18.4. The summed E-state index contributed by atoms with van der Waals surface area (Å²) in [5.74, 6) is -0.376. The number of amides is 1. The van der Waals surface area contributed by atoms with Crippen LogP contribution in [0.25, 0.3) is 10.2 Å². The molecule has 0 aliphatic rings. The van der Waals surface area contributed by atoms with Gasteiger partial charge in [-0.25, -0.2) is 14.8 Å². The summed E-state index contributed by atoms with van der Waals surface area (Å²) in [6, 6.07) is 0. The van der Waals surface area contributed by atoms with E-state index in [1.807, 2.05) is 32.8 Å². The first-order chi connectivity index (χ1) is 14.6. The monoisotopic (exact) mass is 463 g/mol. The van der Waals surface area contributed by atoms with Gasteiger partial charge in [-0.1, -0.05) is 11.3 Å². The van der Waals surface area contributed by atoms with Gasteiger partial charge in [0.15, 0.2) is 5.13 Å². The molecule has 0 bridgehead atoms. The van der Waals surface area contributed by atoms with E-state index in [-0.39, 0.29) is 23.8 Å². The molecule has 3 heterocycles. The summed E-state index contributed by atoms with van der Waals surface area (Å²) in [5.41, 5.74) is 1.13. The highest BCUT2D eigenvalue weighted by Gasteiger charge is 2.21. The number of aryl methyl sites for hydroxylation is 3. The number of hydrogen-bond acceptors (Lipinski definition) is 9. The van der Waals surface area contributed by atoms with Crippen LogP contribution in [0.1, 0.15) is 38.6 Å². The van der Waals surface area contributed by atoms with Crippen LogP contribution in [0.15, 0.2) is 4.79 Å². The van der Waals surface area contributed by atoms with Gasteiger partial charge in [-0.15, -0.1) is 11.3 Å². The molecule has 31 heavy (non-hydrogen) atoms. The second-order valence-corrected chi connectivity index (χ2v) is 9.52. The lowest BCUT2D eigenvalue weighted by molar-refractivity contribution is -0.116. The number of thiophene rings is 1. The average Bonchev–Trinajstić information content (AvgIpc) is 3.17. The zero-order valence-corrected chi connectivity index (χ0v) is 20.0. The van der Waals surface area contributed by atoms with E-state index >= 15 is 0 Å². The topological polar surface area (TPSA) is 106 Å². The van der Waals surface area contributed by atoms with Crippen LogP contribution in [0.4, 0.5) is 5.13 Å². The molecule has 1 amide bonds. The lowest BCUT2D eigenvalue weighted by Crippen LogP contribution is -2.32. The molecule has 3 rings (SSSR count). The number of fused-ring (bicyclic) bond motifs is 1. The Hall–Kier alpha value is -2.63. The number of anilines is 1. The predicted molar refractivity (Wildman–Crippen MR) is 122 cm³/mol. The van der Waals surface area contributed by atoms with Crippen LogP contribution in [-0.4, -0.2) is 52.0 Å².